The molecule has 88 valence electrons. The molecule has 2 rings (SSSR count). The number of hydrogen-bond donors (Lipinski definition) is 2. The molecule has 0 spiro atoms. The van der Waals surface area contributed by atoms with Crippen LogP contribution in [0.5, 0.6) is 5.75 Å². The number of nitrogens with one attached hydrogen (secondary N) is 1. The third-order valence-electron chi connectivity index (χ3n) is 2.20. The summed E-state index contributed by atoms with van der Waals surface area (Å²) in [6, 6.07) is 8.00. The summed E-state index contributed by atoms with van der Waals surface area (Å²) in [7, 11) is 0. The Morgan fingerprint density at radius 1 is 1.29 bits per heavy atom. The van der Waals surface area contributed by atoms with E-state index < -0.39 is 0 Å². The van der Waals surface area contributed by atoms with Crippen molar-refractivity contribution in [2.24, 2.45) is 0 Å². The number of nitrogens with zero attached hydrogens (tertiary/aromatic N) is 1. The summed E-state index contributed by atoms with van der Waals surface area (Å²) in [5.41, 5.74) is 1.59. The highest BCUT2D eigenvalue weighted by Crippen LogP contribution is 2.20. The molecule has 0 atom stereocenters. The van der Waals surface area contributed by atoms with Crippen molar-refractivity contribution in [3.63, 3.8) is 0 Å². The first-order chi connectivity index (χ1) is 8.15. The number of pyridine rings is 1. The van der Waals surface area contributed by atoms with Crippen molar-refractivity contribution < 1.29 is 9.50 Å². The van der Waals surface area contributed by atoms with Crippen LogP contribution in [-0.4, -0.2) is 10.1 Å². The lowest BCUT2D eigenvalue weighted by molar-refractivity contribution is 0.472. The smallest absolute Gasteiger partial charge is 0.137 e. The Morgan fingerprint density at radius 3 is 2.76 bits per heavy atom. The average Bonchev–Trinajstić information content (AvgIpc) is 2.33. The first kappa shape index (κ1) is 11.9. The molecule has 0 amide bonds. The van der Waals surface area contributed by atoms with Gasteiger partial charge in [-0.2, -0.15) is 0 Å². The molecule has 5 heteroatoms. The van der Waals surface area contributed by atoms with Gasteiger partial charge in [-0.15, -0.1) is 0 Å². The molecule has 17 heavy (non-hydrogen) atoms. The molecular formula is C12H10BrFN2O. The quantitative estimate of drug-likeness (QED) is 0.913. The molecule has 2 aromatic rings. The summed E-state index contributed by atoms with van der Waals surface area (Å²) in [6.45, 7) is 0.512. The standard InChI is InChI=1S/C12H10BrFN2O/c13-11-5-8(2-4-12(11)14)15-6-9-1-3-10(17)7-16-9/h1-5,7,15,17H,6H2. The van der Waals surface area contributed by atoms with Gasteiger partial charge in [0.15, 0.2) is 0 Å². The normalized spacial score (nSPS) is 10.2. The summed E-state index contributed by atoms with van der Waals surface area (Å²) in [6.07, 6.45) is 1.39. The van der Waals surface area contributed by atoms with Crippen LogP contribution in [0.4, 0.5) is 10.1 Å². The Morgan fingerprint density at radius 2 is 2.12 bits per heavy atom. The molecule has 0 radical (unpaired) electrons. The molecule has 1 aromatic carbocycles. The molecule has 0 aliphatic rings. The number of aromatic nitrogens is 1. The third-order valence-corrected chi connectivity index (χ3v) is 2.81. The van der Waals surface area contributed by atoms with Gasteiger partial charge in [-0.3, -0.25) is 4.98 Å². The van der Waals surface area contributed by atoms with Gasteiger partial charge in [-0.25, -0.2) is 4.39 Å². The van der Waals surface area contributed by atoms with Crippen LogP contribution in [0, 0.1) is 5.82 Å². The third kappa shape index (κ3) is 3.17. The van der Waals surface area contributed by atoms with Crippen molar-refractivity contribution in [2.45, 2.75) is 6.54 Å². The first-order valence-electron chi connectivity index (χ1n) is 4.98. The Labute approximate surface area is 106 Å². The van der Waals surface area contributed by atoms with Crippen molar-refractivity contribution in [1.82, 2.24) is 4.98 Å². The van der Waals surface area contributed by atoms with Gasteiger partial charge in [-0.05, 0) is 46.3 Å². The van der Waals surface area contributed by atoms with Gasteiger partial charge >= 0.3 is 0 Å². The summed E-state index contributed by atoms with van der Waals surface area (Å²) < 4.78 is 13.4. The molecule has 0 saturated carbocycles. The minimum absolute atomic E-state index is 0.137. The van der Waals surface area contributed by atoms with Crippen LogP contribution < -0.4 is 5.32 Å². The van der Waals surface area contributed by atoms with Crippen LogP contribution in [0.2, 0.25) is 0 Å². The molecule has 2 N–H and O–H groups in total. The highest BCUT2D eigenvalue weighted by Gasteiger charge is 2.00. The lowest BCUT2D eigenvalue weighted by Crippen LogP contribution is -2.01. The minimum Gasteiger partial charge on any atom is -0.506 e. The van der Waals surface area contributed by atoms with Crippen LogP contribution in [0.15, 0.2) is 41.0 Å². The number of halogens is 2. The molecule has 3 nitrogen and oxygen atoms in total. The number of rotatable bonds is 3. The average molecular weight is 297 g/mol. The van der Waals surface area contributed by atoms with E-state index in [1.807, 2.05) is 0 Å². The molecule has 0 aliphatic heterocycles. The number of aromatic hydroxyl groups is 1. The Bertz CT molecular complexity index is 516. The predicted octanol–water partition coefficient (Wildman–Crippen LogP) is 3.30. The Hall–Kier alpha value is -1.62. The van der Waals surface area contributed by atoms with E-state index in [4.69, 9.17) is 5.11 Å². The number of anilines is 1. The zero-order chi connectivity index (χ0) is 12.3. The highest BCUT2D eigenvalue weighted by atomic mass is 79.9. The van der Waals surface area contributed by atoms with Gasteiger partial charge in [-0.1, -0.05) is 0 Å². The fourth-order valence-electron chi connectivity index (χ4n) is 1.32. The topological polar surface area (TPSA) is 45.1 Å². The zero-order valence-electron chi connectivity index (χ0n) is 8.82. The molecular weight excluding hydrogens is 287 g/mol. The van der Waals surface area contributed by atoms with Crippen molar-refractivity contribution in [3.05, 3.63) is 52.5 Å². The van der Waals surface area contributed by atoms with Crippen molar-refractivity contribution in [1.29, 1.82) is 0 Å². The maximum absolute atomic E-state index is 13.0. The zero-order valence-corrected chi connectivity index (χ0v) is 10.4. The fourth-order valence-corrected chi connectivity index (χ4v) is 1.70. The van der Waals surface area contributed by atoms with E-state index in [9.17, 15) is 4.39 Å². The minimum atomic E-state index is -0.293. The van der Waals surface area contributed by atoms with E-state index in [1.54, 1.807) is 24.3 Å². The van der Waals surface area contributed by atoms with Crippen LogP contribution in [0.25, 0.3) is 0 Å². The summed E-state index contributed by atoms with van der Waals surface area (Å²) in [5.74, 6) is -0.156. The predicted molar refractivity (Wildman–Crippen MR) is 67.3 cm³/mol. The van der Waals surface area contributed by atoms with Crippen LogP contribution >= 0.6 is 15.9 Å². The van der Waals surface area contributed by atoms with Crippen LogP contribution in [-0.2, 0) is 6.54 Å². The molecule has 0 unspecified atom stereocenters. The van der Waals surface area contributed by atoms with E-state index in [2.05, 4.69) is 26.2 Å². The molecule has 1 aromatic heterocycles. The number of hydrogen-bond acceptors (Lipinski definition) is 3. The Balaban J connectivity index is 2.02. The molecule has 0 saturated heterocycles. The van der Waals surface area contributed by atoms with Gasteiger partial charge in [0.2, 0.25) is 0 Å². The van der Waals surface area contributed by atoms with Gasteiger partial charge in [0, 0.05) is 5.69 Å². The maximum atomic E-state index is 13.0. The van der Waals surface area contributed by atoms with E-state index >= 15 is 0 Å². The summed E-state index contributed by atoms with van der Waals surface area (Å²) >= 11 is 3.12. The molecule has 1 heterocycles. The van der Waals surface area contributed by atoms with Crippen LogP contribution in [0.3, 0.4) is 0 Å². The number of benzene rings is 1. The summed E-state index contributed by atoms with van der Waals surface area (Å²) in [5, 5.41) is 12.2. The van der Waals surface area contributed by atoms with Gasteiger partial charge in [0.25, 0.3) is 0 Å². The highest BCUT2D eigenvalue weighted by molar-refractivity contribution is 9.10. The van der Waals surface area contributed by atoms with Crippen LogP contribution in [0.1, 0.15) is 5.69 Å². The van der Waals surface area contributed by atoms with Crippen molar-refractivity contribution >= 4 is 21.6 Å². The Kier molecular flexibility index (Phi) is 3.58. The van der Waals surface area contributed by atoms with E-state index in [1.165, 1.54) is 12.3 Å². The van der Waals surface area contributed by atoms with Gasteiger partial charge in [0.05, 0.1) is 22.9 Å². The van der Waals surface area contributed by atoms with Gasteiger partial charge < -0.3 is 10.4 Å². The van der Waals surface area contributed by atoms with E-state index in [0.29, 0.717) is 11.0 Å². The van der Waals surface area contributed by atoms with Gasteiger partial charge in [0.1, 0.15) is 11.6 Å². The van der Waals surface area contributed by atoms with E-state index in [0.717, 1.165) is 11.4 Å². The molecule has 0 fully saturated rings. The first-order valence-corrected chi connectivity index (χ1v) is 5.77. The summed E-state index contributed by atoms with van der Waals surface area (Å²) in [4.78, 5) is 4.04. The fraction of sp³-hybridized carbons (Fsp3) is 0.0833. The molecule has 0 aliphatic carbocycles. The SMILES string of the molecule is Oc1ccc(CNc2ccc(F)c(Br)c2)nc1. The monoisotopic (exact) mass is 296 g/mol. The lowest BCUT2D eigenvalue weighted by Gasteiger charge is -2.06. The largest absolute Gasteiger partial charge is 0.506 e. The second kappa shape index (κ2) is 5.14. The van der Waals surface area contributed by atoms with Crippen molar-refractivity contribution in [2.75, 3.05) is 5.32 Å². The second-order valence-corrected chi connectivity index (χ2v) is 4.34. The second-order valence-electron chi connectivity index (χ2n) is 3.49. The lowest BCUT2D eigenvalue weighted by atomic mass is 10.3. The molecule has 0 bridgehead atoms. The van der Waals surface area contributed by atoms with Crippen molar-refractivity contribution in [3.8, 4) is 5.75 Å². The maximum Gasteiger partial charge on any atom is 0.137 e. The van der Waals surface area contributed by atoms with E-state index in [-0.39, 0.29) is 11.6 Å².